The smallest absolute Gasteiger partial charge is 0.303 e. The predicted octanol–water partition coefficient (Wildman–Crippen LogP) is 1.06. The maximum atomic E-state index is 10.3. The number of carbonyl (C=O) groups is 2. The quantitative estimate of drug-likeness (QED) is 0.626. The number of carboxylic acid groups (broad SMARTS) is 2. The zero-order valence-corrected chi connectivity index (χ0v) is 9.74. The van der Waals surface area contributed by atoms with E-state index in [4.69, 9.17) is 29.8 Å². The van der Waals surface area contributed by atoms with E-state index < -0.39 is 24.5 Å². The number of hydrogen-bond acceptors (Lipinski definition) is 6. The molecule has 2 N–H and O–H groups in total. The van der Waals surface area contributed by atoms with E-state index >= 15 is 0 Å². The van der Waals surface area contributed by atoms with Crippen LogP contribution in [0.2, 0.25) is 0 Å². The summed E-state index contributed by atoms with van der Waals surface area (Å²) >= 11 is 0. The van der Waals surface area contributed by atoms with E-state index in [0.29, 0.717) is 25.7 Å². The van der Waals surface area contributed by atoms with Crippen LogP contribution < -0.4 is 0 Å². The van der Waals surface area contributed by atoms with E-state index in [1.54, 1.807) is 0 Å². The van der Waals surface area contributed by atoms with Crippen molar-refractivity contribution in [3.63, 3.8) is 0 Å². The van der Waals surface area contributed by atoms with Gasteiger partial charge in [-0.3, -0.25) is 9.59 Å². The Morgan fingerprint density at radius 2 is 1.11 bits per heavy atom. The van der Waals surface area contributed by atoms with Crippen LogP contribution in [0.5, 0.6) is 0 Å². The van der Waals surface area contributed by atoms with E-state index in [9.17, 15) is 9.59 Å². The van der Waals surface area contributed by atoms with E-state index in [1.807, 2.05) is 0 Å². The first-order chi connectivity index (χ1) is 8.58. The Morgan fingerprint density at radius 1 is 0.778 bits per heavy atom. The molecule has 0 unspecified atom stereocenters. The van der Waals surface area contributed by atoms with Gasteiger partial charge in [-0.15, -0.1) is 0 Å². The molecule has 1 heterocycles. The molecule has 1 fully saturated rings. The van der Waals surface area contributed by atoms with Gasteiger partial charge >= 0.3 is 11.9 Å². The van der Waals surface area contributed by atoms with Crippen molar-refractivity contribution >= 4 is 11.9 Å². The highest BCUT2D eigenvalue weighted by Crippen LogP contribution is 2.19. The first-order valence-corrected chi connectivity index (χ1v) is 5.66. The lowest BCUT2D eigenvalue weighted by Gasteiger charge is -2.26. The third kappa shape index (κ3) is 6.50. The molecule has 0 aromatic rings. The van der Waals surface area contributed by atoms with Gasteiger partial charge < -0.3 is 10.2 Å². The maximum absolute atomic E-state index is 10.3. The summed E-state index contributed by atoms with van der Waals surface area (Å²) in [5.41, 5.74) is 0. The zero-order chi connectivity index (χ0) is 13.4. The van der Waals surface area contributed by atoms with Gasteiger partial charge in [-0.2, -0.15) is 19.6 Å². The molecular formula is C10H16O8. The summed E-state index contributed by atoms with van der Waals surface area (Å²) in [5.74, 6) is -1.78. The second-order valence-corrected chi connectivity index (χ2v) is 3.82. The predicted molar refractivity (Wildman–Crippen MR) is 54.9 cm³/mol. The van der Waals surface area contributed by atoms with Crippen LogP contribution in [0.15, 0.2) is 0 Å². The Kier molecular flexibility index (Phi) is 6.58. The highest BCUT2D eigenvalue weighted by Gasteiger charge is 2.25. The van der Waals surface area contributed by atoms with E-state index in [-0.39, 0.29) is 12.8 Å². The molecule has 0 amide bonds. The summed E-state index contributed by atoms with van der Waals surface area (Å²) < 4.78 is 0. The molecule has 0 spiro atoms. The van der Waals surface area contributed by atoms with Crippen molar-refractivity contribution in [3.8, 4) is 0 Å². The molecule has 1 aliphatic rings. The van der Waals surface area contributed by atoms with Crippen molar-refractivity contribution < 1.29 is 39.4 Å². The summed E-state index contributed by atoms with van der Waals surface area (Å²) in [6.07, 6.45) is -0.00818. The minimum atomic E-state index is -0.890. The summed E-state index contributed by atoms with van der Waals surface area (Å²) in [4.78, 5) is 39.9. The summed E-state index contributed by atoms with van der Waals surface area (Å²) in [6, 6.07) is 0. The lowest BCUT2D eigenvalue weighted by molar-refractivity contribution is -0.591. The van der Waals surface area contributed by atoms with E-state index in [0.717, 1.165) is 0 Å². The van der Waals surface area contributed by atoms with Crippen LogP contribution in [0, 0.1) is 0 Å². The van der Waals surface area contributed by atoms with Gasteiger partial charge in [0, 0.05) is 25.7 Å². The minimum absolute atomic E-state index is 0.0191. The largest absolute Gasteiger partial charge is 0.481 e. The molecule has 18 heavy (non-hydrogen) atoms. The Hall–Kier alpha value is -1.22. The third-order valence-electron chi connectivity index (χ3n) is 2.20. The first kappa shape index (κ1) is 14.8. The van der Waals surface area contributed by atoms with Crippen LogP contribution in [-0.2, 0) is 29.1 Å². The molecule has 1 rings (SSSR count). The Morgan fingerprint density at radius 3 is 1.39 bits per heavy atom. The van der Waals surface area contributed by atoms with Gasteiger partial charge in [0.05, 0.1) is 0 Å². The van der Waals surface area contributed by atoms with Crippen LogP contribution in [-0.4, -0.2) is 34.7 Å². The molecule has 1 saturated heterocycles. The van der Waals surface area contributed by atoms with Gasteiger partial charge in [0.1, 0.15) is 0 Å². The Bertz CT molecular complexity index is 243. The molecular weight excluding hydrogens is 248 g/mol. The topological polar surface area (TPSA) is 112 Å². The second-order valence-electron chi connectivity index (χ2n) is 3.82. The second kappa shape index (κ2) is 7.98. The number of rotatable bonds is 8. The number of hydrogen-bond donors (Lipinski definition) is 2. The lowest BCUT2D eigenvalue weighted by atomic mass is 10.2. The van der Waals surface area contributed by atoms with Crippen molar-refractivity contribution in [2.75, 3.05) is 0 Å². The molecule has 0 bridgehead atoms. The van der Waals surface area contributed by atoms with Crippen molar-refractivity contribution in [2.24, 2.45) is 0 Å². The van der Waals surface area contributed by atoms with Gasteiger partial charge in [0.2, 0.25) is 12.6 Å². The number of aliphatic carboxylic acids is 2. The van der Waals surface area contributed by atoms with Crippen molar-refractivity contribution in [1.82, 2.24) is 0 Å². The van der Waals surface area contributed by atoms with E-state index in [1.165, 1.54) is 0 Å². The molecule has 104 valence electrons. The van der Waals surface area contributed by atoms with Crippen LogP contribution in [0.1, 0.15) is 38.5 Å². The SMILES string of the molecule is O=C(O)CCCC1OOC(CCCC(=O)O)OO1. The Balaban J connectivity index is 2.05. The molecule has 8 nitrogen and oxygen atoms in total. The van der Waals surface area contributed by atoms with Crippen molar-refractivity contribution in [1.29, 1.82) is 0 Å². The molecule has 0 radical (unpaired) electrons. The number of carboxylic acids is 2. The maximum Gasteiger partial charge on any atom is 0.303 e. The molecule has 8 heteroatoms. The van der Waals surface area contributed by atoms with Gasteiger partial charge in [-0.25, -0.2) is 0 Å². The first-order valence-electron chi connectivity index (χ1n) is 5.66. The van der Waals surface area contributed by atoms with E-state index in [2.05, 4.69) is 0 Å². The fourth-order valence-corrected chi connectivity index (χ4v) is 1.31. The highest BCUT2D eigenvalue weighted by atomic mass is 17.4. The summed E-state index contributed by atoms with van der Waals surface area (Å²) in [7, 11) is 0. The standard InChI is InChI=1S/C10H16O8/c11-7(12)3-1-5-9-15-17-10(18-16-9)6-2-4-8(13)14/h9-10H,1-6H2,(H,11,12)(H,13,14). The normalized spacial score (nSPS) is 23.8. The average Bonchev–Trinajstić information content (AvgIpc) is 2.30. The van der Waals surface area contributed by atoms with Crippen molar-refractivity contribution in [3.05, 3.63) is 0 Å². The fraction of sp³-hybridized carbons (Fsp3) is 0.800. The van der Waals surface area contributed by atoms with Crippen LogP contribution in [0.4, 0.5) is 0 Å². The summed E-state index contributed by atoms with van der Waals surface area (Å²) in [6.45, 7) is 0. The monoisotopic (exact) mass is 264 g/mol. The average molecular weight is 264 g/mol. The van der Waals surface area contributed by atoms with Crippen molar-refractivity contribution in [2.45, 2.75) is 51.1 Å². The molecule has 0 aromatic carbocycles. The summed E-state index contributed by atoms with van der Waals surface area (Å²) in [5, 5.41) is 16.9. The van der Waals surface area contributed by atoms with Crippen LogP contribution in [0.25, 0.3) is 0 Å². The molecule has 0 aromatic heterocycles. The molecule has 1 aliphatic heterocycles. The van der Waals surface area contributed by atoms with Gasteiger partial charge in [0.25, 0.3) is 0 Å². The van der Waals surface area contributed by atoms with Crippen LogP contribution in [0.3, 0.4) is 0 Å². The lowest BCUT2D eigenvalue weighted by Crippen LogP contribution is -2.32. The molecule has 0 aliphatic carbocycles. The third-order valence-corrected chi connectivity index (χ3v) is 2.20. The Labute approximate surface area is 103 Å². The fourth-order valence-electron chi connectivity index (χ4n) is 1.31. The molecule has 0 saturated carbocycles. The molecule has 0 atom stereocenters. The van der Waals surface area contributed by atoms with Gasteiger partial charge in [0.15, 0.2) is 0 Å². The van der Waals surface area contributed by atoms with Gasteiger partial charge in [-0.05, 0) is 12.8 Å². The van der Waals surface area contributed by atoms with Crippen LogP contribution >= 0.6 is 0 Å². The minimum Gasteiger partial charge on any atom is -0.481 e. The zero-order valence-electron chi connectivity index (χ0n) is 9.74. The highest BCUT2D eigenvalue weighted by molar-refractivity contribution is 5.66. The van der Waals surface area contributed by atoms with Gasteiger partial charge in [-0.1, -0.05) is 0 Å².